The lowest BCUT2D eigenvalue weighted by Gasteiger charge is -2.09. The summed E-state index contributed by atoms with van der Waals surface area (Å²) in [6.07, 6.45) is 0. The number of urea groups is 1. The van der Waals surface area contributed by atoms with Gasteiger partial charge in [-0.2, -0.15) is 5.10 Å². The van der Waals surface area contributed by atoms with E-state index in [0.717, 1.165) is 21.1 Å². The van der Waals surface area contributed by atoms with Crippen LogP contribution >= 0.6 is 11.3 Å². The van der Waals surface area contributed by atoms with Gasteiger partial charge in [-0.05, 0) is 37.6 Å². The van der Waals surface area contributed by atoms with Gasteiger partial charge in [-0.3, -0.25) is 4.79 Å². The number of rotatable bonds is 6. The zero-order valence-corrected chi connectivity index (χ0v) is 16.3. The maximum absolute atomic E-state index is 12.9. The highest BCUT2D eigenvalue weighted by Crippen LogP contribution is 2.27. The van der Waals surface area contributed by atoms with Crippen LogP contribution in [0.3, 0.4) is 0 Å². The first-order valence-corrected chi connectivity index (χ1v) is 9.53. The summed E-state index contributed by atoms with van der Waals surface area (Å²) in [4.78, 5) is 29.2. The van der Waals surface area contributed by atoms with Crippen molar-refractivity contribution in [2.45, 2.75) is 26.9 Å². The minimum absolute atomic E-state index is 0.240. The van der Waals surface area contributed by atoms with E-state index in [9.17, 15) is 14.0 Å². The predicted molar refractivity (Wildman–Crippen MR) is 106 cm³/mol. The van der Waals surface area contributed by atoms with Gasteiger partial charge in [0.25, 0.3) is 5.56 Å². The van der Waals surface area contributed by atoms with E-state index in [0.29, 0.717) is 5.69 Å². The fraction of sp³-hybridized carbons (Fsp3) is 0.263. The molecule has 1 aromatic carbocycles. The average Bonchev–Trinajstić information content (AvgIpc) is 3.01. The molecule has 0 spiro atoms. The second kappa shape index (κ2) is 8.75. The smallest absolute Gasteiger partial charge is 0.315 e. The molecule has 0 fully saturated rings. The number of carbonyl (C=O) groups is 1. The number of amides is 2. The number of benzene rings is 1. The molecule has 0 radical (unpaired) electrons. The lowest BCUT2D eigenvalue weighted by atomic mass is 10.2. The highest BCUT2D eigenvalue weighted by molar-refractivity contribution is 7.15. The molecule has 0 saturated heterocycles. The molecule has 7 nitrogen and oxygen atoms in total. The SMILES string of the molecule is Cc1nc(C)c(-c2ccc(=O)n(CCNC(=O)NCc3ccc(F)cc3)n2)s1. The first-order chi connectivity index (χ1) is 13.4. The van der Waals surface area contributed by atoms with Gasteiger partial charge in [0.15, 0.2) is 0 Å². The summed E-state index contributed by atoms with van der Waals surface area (Å²) in [5, 5.41) is 10.7. The molecule has 0 unspecified atom stereocenters. The maximum Gasteiger partial charge on any atom is 0.315 e. The van der Waals surface area contributed by atoms with Gasteiger partial charge in [0.2, 0.25) is 0 Å². The average molecular weight is 401 g/mol. The fourth-order valence-electron chi connectivity index (χ4n) is 2.62. The number of aromatic nitrogens is 3. The summed E-state index contributed by atoms with van der Waals surface area (Å²) in [6, 6.07) is 8.66. The normalized spacial score (nSPS) is 10.7. The monoisotopic (exact) mass is 401 g/mol. The van der Waals surface area contributed by atoms with Crippen molar-refractivity contribution >= 4 is 17.4 Å². The van der Waals surface area contributed by atoms with E-state index < -0.39 is 0 Å². The van der Waals surface area contributed by atoms with Gasteiger partial charge in [-0.15, -0.1) is 11.3 Å². The number of halogens is 1. The quantitative estimate of drug-likeness (QED) is 0.665. The minimum Gasteiger partial charge on any atom is -0.336 e. The zero-order chi connectivity index (χ0) is 20.1. The molecule has 0 atom stereocenters. The van der Waals surface area contributed by atoms with Crippen molar-refractivity contribution < 1.29 is 9.18 Å². The van der Waals surface area contributed by atoms with Crippen LogP contribution < -0.4 is 16.2 Å². The van der Waals surface area contributed by atoms with Crippen LogP contribution in [0.15, 0.2) is 41.2 Å². The van der Waals surface area contributed by atoms with Crippen molar-refractivity contribution in [1.82, 2.24) is 25.4 Å². The summed E-state index contributed by atoms with van der Waals surface area (Å²) in [7, 11) is 0. The van der Waals surface area contributed by atoms with E-state index in [1.54, 1.807) is 18.2 Å². The Hall–Kier alpha value is -3.07. The standard InChI is InChI=1S/C19H20FN5O2S/c1-12-18(28-13(2)23-12)16-7-8-17(26)25(24-16)10-9-21-19(27)22-11-14-3-5-15(20)6-4-14/h3-8H,9-11H2,1-2H3,(H2,21,22,27). The molecule has 2 aromatic heterocycles. The third-order valence-electron chi connectivity index (χ3n) is 3.98. The summed E-state index contributed by atoms with van der Waals surface area (Å²) >= 11 is 1.52. The Bertz CT molecular complexity index is 1030. The second-order valence-corrected chi connectivity index (χ2v) is 7.37. The van der Waals surface area contributed by atoms with E-state index in [1.165, 1.54) is 34.2 Å². The highest BCUT2D eigenvalue weighted by atomic mass is 32.1. The van der Waals surface area contributed by atoms with Crippen LogP contribution in [0.4, 0.5) is 9.18 Å². The molecule has 0 aliphatic heterocycles. The molecule has 0 saturated carbocycles. The number of nitrogens with zero attached hydrogens (tertiary/aromatic N) is 3. The number of carbonyl (C=O) groups excluding carboxylic acids is 1. The van der Waals surface area contributed by atoms with Crippen molar-refractivity contribution in [1.29, 1.82) is 0 Å². The largest absolute Gasteiger partial charge is 0.336 e. The number of hydrogen-bond acceptors (Lipinski definition) is 5. The Morgan fingerprint density at radius 3 is 2.57 bits per heavy atom. The Labute approximate surface area is 165 Å². The Morgan fingerprint density at radius 2 is 1.89 bits per heavy atom. The van der Waals surface area contributed by atoms with Crippen LogP contribution in [0, 0.1) is 19.7 Å². The number of aryl methyl sites for hydroxylation is 2. The van der Waals surface area contributed by atoms with Crippen molar-refractivity contribution in [3.05, 3.63) is 68.8 Å². The molecule has 2 heterocycles. The Balaban J connectivity index is 1.54. The molecule has 0 bridgehead atoms. The second-order valence-electron chi connectivity index (χ2n) is 6.16. The molecule has 28 heavy (non-hydrogen) atoms. The third kappa shape index (κ3) is 5.01. The molecule has 2 amide bonds. The molecule has 146 valence electrons. The first-order valence-electron chi connectivity index (χ1n) is 8.71. The first kappa shape index (κ1) is 19.7. The lowest BCUT2D eigenvalue weighted by molar-refractivity contribution is 0.240. The zero-order valence-electron chi connectivity index (χ0n) is 15.5. The van der Waals surface area contributed by atoms with Crippen LogP contribution in [0.1, 0.15) is 16.3 Å². The van der Waals surface area contributed by atoms with Crippen molar-refractivity contribution in [2.75, 3.05) is 6.54 Å². The van der Waals surface area contributed by atoms with E-state index in [4.69, 9.17) is 0 Å². The van der Waals surface area contributed by atoms with Crippen molar-refractivity contribution in [3.63, 3.8) is 0 Å². The molecule has 9 heteroatoms. The highest BCUT2D eigenvalue weighted by Gasteiger charge is 2.11. The van der Waals surface area contributed by atoms with Crippen LogP contribution in [-0.4, -0.2) is 27.3 Å². The van der Waals surface area contributed by atoms with E-state index in [1.807, 2.05) is 13.8 Å². The lowest BCUT2D eigenvalue weighted by Crippen LogP contribution is -2.38. The van der Waals surface area contributed by atoms with Gasteiger partial charge in [0.1, 0.15) is 11.5 Å². The number of hydrogen-bond donors (Lipinski definition) is 2. The predicted octanol–water partition coefficient (Wildman–Crippen LogP) is 2.62. The molecule has 0 aliphatic rings. The summed E-state index contributed by atoms with van der Waals surface area (Å²) in [5.74, 6) is -0.322. The molecule has 0 aliphatic carbocycles. The molecular formula is C19H20FN5O2S. The van der Waals surface area contributed by atoms with Gasteiger partial charge >= 0.3 is 6.03 Å². The molecular weight excluding hydrogens is 381 g/mol. The van der Waals surface area contributed by atoms with Crippen LogP contribution in [0.2, 0.25) is 0 Å². The third-order valence-corrected chi connectivity index (χ3v) is 5.07. The fourth-order valence-corrected chi connectivity index (χ4v) is 3.51. The van der Waals surface area contributed by atoms with Crippen LogP contribution in [0.5, 0.6) is 0 Å². The molecule has 3 rings (SSSR count). The van der Waals surface area contributed by atoms with Gasteiger partial charge in [0.05, 0.1) is 22.1 Å². The van der Waals surface area contributed by atoms with E-state index >= 15 is 0 Å². The summed E-state index contributed by atoms with van der Waals surface area (Å²) in [5.41, 5.74) is 2.11. The Morgan fingerprint density at radius 1 is 1.14 bits per heavy atom. The summed E-state index contributed by atoms with van der Waals surface area (Å²) in [6.45, 7) is 4.60. The number of thiazole rings is 1. The Kier molecular flexibility index (Phi) is 6.15. The summed E-state index contributed by atoms with van der Waals surface area (Å²) < 4.78 is 14.2. The van der Waals surface area contributed by atoms with Crippen LogP contribution in [-0.2, 0) is 13.1 Å². The maximum atomic E-state index is 12.9. The van der Waals surface area contributed by atoms with Gasteiger partial charge < -0.3 is 10.6 Å². The topological polar surface area (TPSA) is 88.9 Å². The van der Waals surface area contributed by atoms with E-state index in [-0.39, 0.29) is 37.0 Å². The van der Waals surface area contributed by atoms with Crippen LogP contribution in [0.25, 0.3) is 10.6 Å². The van der Waals surface area contributed by atoms with Gasteiger partial charge in [-0.25, -0.2) is 18.9 Å². The van der Waals surface area contributed by atoms with E-state index in [2.05, 4.69) is 20.7 Å². The molecule has 2 N–H and O–H groups in total. The van der Waals surface area contributed by atoms with Crippen molar-refractivity contribution in [2.24, 2.45) is 0 Å². The molecule has 3 aromatic rings. The number of nitrogens with one attached hydrogen (secondary N) is 2. The van der Waals surface area contributed by atoms with Crippen molar-refractivity contribution in [3.8, 4) is 10.6 Å². The van der Waals surface area contributed by atoms with Gasteiger partial charge in [-0.1, -0.05) is 12.1 Å². The van der Waals surface area contributed by atoms with Gasteiger partial charge in [0, 0.05) is 19.2 Å². The minimum atomic E-state index is -0.373.